The van der Waals surface area contributed by atoms with E-state index in [0.717, 1.165) is 0 Å². The molecule has 0 saturated heterocycles. The number of hydrogen-bond acceptors (Lipinski definition) is 4. The number of rotatable bonds is 5. The van der Waals surface area contributed by atoms with E-state index in [-0.39, 0.29) is 18.8 Å². The average molecular weight is 218 g/mol. The first-order valence-electron chi connectivity index (χ1n) is 4.85. The molecular weight excluding hydrogens is 200 g/mol. The molecule has 0 aromatic carbocycles. The number of carbonyl (C=O) groups is 2. The van der Waals surface area contributed by atoms with Crippen molar-refractivity contribution in [2.24, 2.45) is 0 Å². The van der Waals surface area contributed by atoms with Gasteiger partial charge >= 0.3 is 11.9 Å². The molecule has 15 heavy (non-hydrogen) atoms. The lowest BCUT2D eigenvalue weighted by atomic mass is 10.1. The lowest BCUT2D eigenvalue weighted by Crippen LogP contribution is -2.24. The van der Waals surface area contributed by atoms with Gasteiger partial charge in [-0.1, -0.05) is 0 Å². The van der Waals surface area contributed by atoms with Crippen LogP contribution in [0.4, 0.5) is 0 Å². The van der Waals surface area contributed by atoms with Gasteiger partial charge in [0.05, 0.1) is 0 Å². The summed E-state index contributed by atoms with van der Waals surface area (Å²) in [6.45, 7) is 5.28. The molecule has 0 amide bonds. The molecule has 0 bridgehead atoms. The number of carboxylic acids is 1. The van der Waals surface area contributed by atoms with Crippen LogP contribution in [0.2, 0.25) is 0 Å². The molecular formula is C10H18O5. The first kappa shape index (κ1) is 13.9. The largest absolute Gasteiger partial charge is 0.479 e. The summed E-state index contributed by atoms with van der Waals surface area (Å²) in [6.07, 6.45) is -0.897. The molecule has 0 fully saturated rings. The normalized spacial score (nSPS) is 13.3. The smallest absolute Gasteiger partial charge is 0.332 e. The molecule has 0 aliphatic carbocycles. The molecule has 88 valence electrons. The highest BCUT2D eigenvalue weighted by molar-refractivity contribution is 5.72. The van der Waals surface area contributed by atoms with Gasteiger partial charge in [-0.15, -0.1) is 0 Å². The van der Waals surface area contributed by atoms with Gasteiger partial charge in [-0.3, -0.25) is 4.79 Å². The maximum absolute atomic E-state index is 11.2. The first-order valence-corrected chi connectivity index (χ1v) is 4.85. The Morgan fingerprint density at radius 3 is 2.27 bits per heavy atom. The van der Waals surface area contributed by atoms with Gasteiger partial charge in [-0.2, -0.15) is 0 Å². The third-order valence-electron chi connectivity index (χ3n) is 1.56. The van der Waals surface area contributed by atoms with Crippen molar-refractivity contribution in [1.82, 2.24) is 0 Å². The molecule has 5 heteroatoms. The Hall–Kier alpha value is -1.10. The Kier molecular flexibility index (Phi) is 5.28. The van der Waals surface area contributed by atoms with E-state index in [9.17, 15) is 9.59 Å². The SMILES string of the molecule is CC(C)(C)OC(=O)CCC[C@H](O)C(=O)O. The highest BCUT2D eigenvalue weighted by Gasteiger charge is 2.17. The molecule has 2 N–H and O–H groups in total. The Balaban J connectivity index is 3.69. The van der Waals surface area contributed by atoms with Crippen LogP contribution in [0.1, 0.15) is 40.0 Å². The molecule has 0 rings (SSSR count). The van der Waals surface area contributed by atoms with Crippen LogP contribution >= 0.6 is 0 Å². The quantitative estimate of drug-likeness (QED) is 0.671. The predicted molar refractivity (Wildman–Crippen MR) is 53.3 cm³/mol. The van der Waals surface area contributed by atoms with Gasteiger partial charge in [0.25, 0.3) is 0 Å². The third-order valence-corrected chi connectivity index (χ3v) is 1.56. The highest BCUT2D eigenvalue weighted by Crippen LogP contribution is 2.10. The minimum absolute atomic E-state index is 0.0641. The lowest BCUT2D eigenvalue weighted by molar-refractivity contribution is -0.155. The van der Waals surface area contributed by atoms with Gasteiger partial charge in [-0.25, -0.2) is 4.79 Å². The van der Waals surface area contributed by atoms with Crippen LogP contribution in [0.25, 0.3) is 0 Å². The molecule has 0 unspecified atom stereocenters. The molecule has 5 nitrogen and oxygen atoms in total. The maximum atomic E-state index is 11.2. The van der Waals surface area contributed by atoms with Crippen molar-refractivity contribution in [3.8, 4) is 0 Å². The standard InChI is InChI=1S/C10H18O5/c1-10(2,3)15-8(12)6-4-5-7(11)9(13)14/h7,11H,4-6H2,1-3H3,(H,13,14)/t7-/m0/s1. The molecule has 0 saturated carbocycles. The summed E-state index contributed by atoms with van der Waals surface area (Å²) < 4.78 is 5.01. The second-order valence-electron chi connectivity index (χ2n) is 4.33. The second kappa shape index (κ2) is 5.70. The van der Waals surface area contributed by atoms with Crippen molar-refractivity contribution in [3.63, 3.8) is 0 Å². The number of carbonyl (C=O) groups excluding carboxylic acids is 1. The maximum Gasteiger partial charge on any atom is 0.332 e. The van der Waals surface area contributed by atoms with E-state index in [0.29, 0.717) is 6.42 Å². The average Bonchev–Trinajstić information content (AvgIpc) is 2.00. The van der Waals surface area contributed by atoms with Crippen molar-refractivity contribution in [2.45, 2.75) is 51.7 Å². The van der Waals surface area contributed by atoms with Crippen molar-refractivity contribution in [3.05, 3.63) is 0 Å². The molecule has 0 aromatic rings. The van der Waals surface area contributed by atoms with E-state index in [1.165, 1.54) is 0 Å². The summed E-state index contributed by atoms with van der Waals surface area (Å²) in [7, 11) is 0. The second-order valence-corrected chi connectivity index (χ2v) is 4.33. The van der Waals surface area contributed by atoms with Crippen molar-refractivity contribution < 1.29 is 24.5 Å². The zero-order chi connectivity index (χ0) is 12.1. The molecule has 0 aliphatic rings. The van der Waals surface area contributed by atoms with E-state index < -0.39 is 17.7 Å². The number of aliphatic hydroxyl groups is 1. The highest BCUT2D eigenvalue weighted by atomic mass is 16.6. The zero-order valence-electron chi connectivity index (χ0n) is 9.32. The van der Waals surface area contributed by atoms with Crippen molar-refractivity contribution in [1.29, 1.82) is 0 Å². The van der Waals surface area contributed by atoms with E-state index in [2.05, 4.69) is 0 Å². The Labute approximate surface area is 89.0 Å². The number of carboxylic acid groups (broad SMARTS) is 1. The van der Waals surface area contributed by atoms with Crippen LogP contribution in [-0.2, 0) is 14.3 Å². The minimum atomic E-state index is -1.40. The van der Waals surface area contributed by atoms with Crippen LogP contribution in [0.3, 0.4) is 0 Å². The molecule has 0 aromatic heterocycles. The monoisotopic (exact) mass is 218 g/mol. The minimum Gasteiger partial charge on any atom is -0.479 e. The van der Waals surface area contributed by atoms with Crippen LogP contribution in [-0.4, -0.2) is 33.9 Å². The number of hydrogen-bond donors (Lipinski definition) is 2. The molecule has 0 radical (unpaired) electrons. The number of ether oxygens (including phenoxy) is 1. The van der Waals surface area contributed by atoms with Gasteiger partial charge in [0, 0.05) is 6.42 Å². The van der Waals surface area contributed by atoms with Crippen LogP contribution < -0.4 is 0 Å². The zero-order valence-corrected chi connectivity index (χ0v) is 9.32. The summed E-state index contributed by atoms with van der Waals surface area (Å²) in [4.78, 5) is 21.4. The van der Waals surface area contributed by atoms with E-state index in [4.69, 9.17) is 14.9 Å². The molecule has 0 spiro atoms. The summed E-state index contributed by atoms with van der Waals surface area (Å²) in [5, 5.41) is 17.3. The summed E-state index contributed by atoms with van der Waals surface area (Å²) in [5.74, 6) is -1.64. The van der Waals surface area contributed by atoms with Crippen molar-refractivity contribution in [2.75, 3.05) is 0 Å². The Morgan fingerprint density at radius 1 is 1.33 bits per heavy atom. The van der Waals surface area contributed by atoms with Crippen LogP contribution in [0.15, 0.2) is 0 Å². The van der Waals surface area contributed by atoms with Crippen LogP contribution in [0, 0.1) is 0 Å². The molecule has 0 heterocycles. The summed E-state index contributed by atoms with van der Waals surface area (Å²) >= 11 is 0. The van der Waals surface area contributed by atoms with E-state index in [1.54, 1.807) is 20.8 Å². The fourth-order valence-electron chi connectivity index (χ4n) is 0.956. The number of aliphatic carboxylic acids is 1. The van der Waals surface area contributed by atoms with Gasteiger partial charge in [0.1, 0.15) is 5.60 Å². The van der Waals surface area contributed by atoms with E-state index in [1.807, 2.05) is 0 Å². The fourth-order valence-corrected chi connectivity index (χ4v) is 0.956. The Morgan fingerprint density at radius 2 is 1.87 bits per heavy atom. The molecule has 1 atom stereocenters. The van der Waals surface area contributed by atoms with Gasteiger partial charge in [0.15, 0.2) is 6.10 Å². The summed E-state index contributed by atoms with van der Waals surface area (Å²) in [6, 6.07) is 0. The lowest BCUT2D eigenvalue weighted by Gasteiger charge is -2.19. The van der Waals surface area contributed by atoms with Crippen LogP contribution in [0.5, 0.6) is 0 Å². The summed E-state index contributed by atoms with van der Waals surface area (Å²) in [5.41, 5.74) is -0.525. The van der Waals surface area contributed by atoms with Gasteiger partial charge < -0.3 is 14.9 Å². The Bertz CT molecular complexity index is 228. The third kappa shape index (κ3) is 7.93. The fraction of sp³-hybridized carbons (Fsp3) is 0.800. The molecule has 0 aliphatic heterocycles. The first-order chi connectivity index (χ1) is 6.72. The number of aliphatic hydroxyl groups excluding tert-OH is 1. The van der Waals surface area contributed by atoms with Gasteiger partial charge in [-0.05, 0) is 33.6 Å². The topological polar surface area (TPSA) is 83.8 Å². The van der Waals surface area contributed by atoms with Gasteiger partial charge in [0.2, 0.25) is 0 Å². The van der Waals surface area contributed by atoms with Crippen molar-refractivity contribution >= 4 is 11.9 Å². The number of esters is 1. The van der Waals surface area contributed by atoms with E-state index >= 15 is 0 Å². The predicted octanol–water partition coefficient (Wildman–Crippen LogP) is 0.944.